The minimum absolute atomic E-state index is 0.495. The molecule has 0 saturated carbocycles. The third kappa shape index (κ3) is 5.53. The Morgan fingerprint density at radius 3 is 2.08 bits per heavy atom. The van der Waals surface area contributed by atoms with Crippen LogP contribution in [0.15, 0.2) is 133 Å². The van der Waals surface area contributed by atoms with E-state index in [1.807, 2.05) is 0 Å². The van der Waals surface area contributed by atoms with Gasteiger partial charge in [-0.15, -0.1) is 0 Å². The topological polar surface area (TPSA) is 0 Å². The Labute approximate surface area is 232 Å². The molecule has 37 heavy (non-hydrogen) atoms. The van der Waals surface area contributed by atoms with Crippen molar-refractivity contribution in [3.8, 4) is 0 Å². The van der Waals surface area contributed by atoms with Gasteiger partial charge in [0.2, 0.25) is 0 Å². The standard InChI is InChI=1S/C20H17.C16H13.Zr/c1-3-7-19-15(5-1)9-11-17(19)13-14-18-12-10-16-6-2-4-8-20(16)18;1-3-9-15(10-4-1)13-7-8-14-16-11-5-2-6-12-16;/h1-13,17-18H,14H2;1-13H;. The van der Waals surface area contributed by atoms with Gasteiger partial charge in [0.05, 0.1) is 0 Å². The van der Waals surface area contributed by atoms with Crippen LogP contribution in [0.2, 0.25) is 3.63 Å². The average molecular weight is 554 g/mol. The first-order chi connectivity index (χ1) is 18.3. The zero-order chi connectivity index (χ0) is 24.9. The fraction of sp³-hybridized carbons (Fsp3) is 0.111. The average Bonchev–Trinajstić information content (AvgIpc) is 3.57. The first-order valence-corrected chi connectivity index (χ1v) is 15.8. The molecule has 0 bridgehead atoms. The summed E-state index contributed by atoms with van der Waals surface area (Å²) < 4.78 is 2.22. The van der Waals surface area contributed by atoms with Crippen molar-refractivity contribution in [2.24, 2.45) is 0 Å². The number of allylic oxidation sites excluding steroid dienone is 4. The molecule has 1 heteroatoms. The summed E-state index contributed by atoms with van der Waals surface area (Å²) in [5.41, 5.74) is 8.42. The summed E-state index contributed by atoms with van der Waals surface area (Å²) in [5.74, 6) is 0.995. The fourth-order valence-electron chi connectivity index (χ4n) is 5.59. The van der Waals surface area contributed by atoms with Gasteiger partial charge in [0.15, 0.2) is 0 Å². The SMILES string of the molecule is C(=Cc1ccccc1)C=[C]([Zr][CH](CC1C=Cc2ccccc21)C1C=Cc2ccccc21)c1ccccc1. The van der Waals surface area contributed by atoms with Crippen LogP contribution in [0.3, 0.4) is 0 Å². The fourth-order valence-corrected chi connectivity index (χ4v) is 9.94. The van der Waals surface area contributed by atoms with Crippen molar-refractivity contribution in [1.82, 2.24) is 0 Å². The Balaban J connectivity index is 1.35. The molecule has 2 aliphatic rings. The molecule has 2 aliphatic carbocycles. The molecule has 0 fully saturated rings. The van der Waals surface area contributed by atoms with Gasteiger partial charge in [0.25, 0.3) is 0 Å². The predicted octanol–water partition coefficient (Wildman–Crippen LogP) is 9.62. The van der Waals surface area contributed by atoms with Crippen LogP contribution >= 0.6 is 0 Å². The van der Waals surface area contributed by atoms with E-state index in [9.17, 15) is 0 Å². The first-order valence-electron chi connectivity index (χ1n) is 13.1. The second-order valence-electron chi connectivity index (χ2n) is 9.81. The second-order valence-corrected chi connectivity index (χ2v) is 13.7. The van der Waals surface area contributed by atoms with Crippen molar-refractivity contribution in [2.75, 3.05) is 0 Å². The van der Waals surface area contributed by atoms with E-state index in [2.05, 4.69) is 152 Å². The molecule has 0 radical (unpaired) electrons. The molecular formula is C36H30Zr. The van der Waals surface area contributed by atoms with Gasteiger partial charge in [-0.3, -0.25) is 0 Å². The van der Waals surface area contributed by atoms with Crippen LogP contribution in [0.25, 0.3) is 21.5 Å². The molecule has 3 unspecified atom stereocenters. The summed E-state index contributed by atoms with van der Waals surface area (Å²) in [6.45, 7) is 0. The summed E-state index contributed by atoms with van der Waals surface area (Å²) >= 11 is -1.01. The molecule has 178 valence electrons. The van der Waals surface area contributed by atoms with E-state index < -0.39 is 23.2 Å². The number of hydrogen-bond acceptors (Lipinski definition) is 0. The zero-order valence-electron chi connectivity index (χ0n) is 20.9. The summed E-state index contributed by atoms with van der Waals surface area (Å²) in [7, 11) is 0. The van der Waals surface area contributed by atoms with E-state index in [1.54, 1.807) is 3.28 Å². The van der Waals surface area contributed by atoms with Gasteiger partial charge in [0.1, 0.15) is 0 Å². The van der Waals surface area contributed by atoms with Crippen LogP contribution in [-0.4, -0.2) is 0 Å². The maximum absolute atomic E-state index is 2.49. The van der Waals surface area contributed by atoms with Crippen molar-refractivity contribution in [3.05, 3.63) is 167 Å². The molecule has 0 aliphatic heterocycles. The van der Waals surface area contributed by atoms with Gasteiger partial charge in [0, 0.05) is 0 Å². The molecule has 0 N–H and O–H groups in total. The van der Waals surface area contributed by atoms with Crippen LogP contribution in [-0.2, 0) is 23.2 Å². The van der Waals surface area contributed by atoms with Gasteiger partial charge < -0.3 is 0 Å². The van der Waals surface area contributed by atoms with Gasteiger partial charge in [-0.25, -0.2) is 0 Å². The Bertz CT molecular complexity index is 1470. The van der Waals surface area contributed by atoms with Gasteiger partial charge in [-0.2, -0.15) is 0 Å². The number of benzene rings is 4. The summed E-state index contributed by atoms with van der Waals surface area (Å²) in [6.07, 6.45) is 17.7. The Morgan fingerprint density at radius 1 is 0.676 bits per heavy atom. The van der Waals surface area contributed by atoms with E-state index in [-0.39, 0.29) is 0 Å². The van der Waals surface area contributed by atoms with E-state index >= 15 is 0 Å². The monoisotopic (exact) mass is 552 g/mol. The molecule has 4 aromatic rings. The minimum atomic E-state index is -1.01. The maximum atomic E-state index is 2.49. The quantitative estimate of drug-likeness (QED) is 0.191. The van der Waals surface area contributed by atoms with Crippen molar-refractivity contribution < 1.29 is 23.2 Å². The Hall–Kier alpha value is -3.28. The molecule has 0 saturated heterocycles. The summed E-state index contributed by atoms with van der Waals surface area (Å²) in [4.78, 5) is 0. The van der Waals surface area contributed by atoms with E-state index in [4.69, 9.17) is 0 Å². The van der Waals surface area contributed by atoms with Crippen LogP contribution < -0.4 is 0 Å². The predicted molar refractivity (Wildman–Crippen MR) is 155 cm³/mol. The van der Waals surface area contributed by atoms with Crippen molar-refractivity contribution >= 4 is 21.5 Å². The normalized spacial score (nSPS) is 18.6. The molecule has 6 rings (SSSR count). The van der Waals surface area contributed by atoms with Crippen LogP contribution in [0, 0.1) is 0 Å². The molecule has 0 spiro atoms. The van der Waals surface area contributed by atoms with E-state index in [1.165, 1.54) is 39.8 Å². The summed E-state index contributed by atoms with van der Waals surface area (Å²) in [5, 5.41) is 0. The van der Waals surface area contributed by atoms with Gasteiger partial charge in [-0.1, -0.05) is 0 Å². The molecule has 0 nitrogen and oxygen atoms in total. The Kier molecular flexibility index (Phi) is 7.43. The van der Waals surface area contributed by atoms with E-state index in [0.29, 0.717) is 15.5 Å². The van der Waals surface area contributed by atoms with Crippen LogP contribution in [0.1, 0.15) is 51.6 Å². The van der Waals surface area contributed by atoms with Crippen LogP contribution in [0.5, 0.6) is 0 Å². The third-order valence-electron chi connectivity index (χ3n) is 7.46. The molecule has 3 atom stereocenters. The molecule has 0 heterocycles. The number of fused-ring (bicyclic) bond motifs is 2. The van der Waals surface area contributed by atoms with Gasteiger partial charge in [-0.05, 0) is 0 Å². The van der Waals surface area contributed by atoms with E-state index in [0.717, 1.165) is 0 Å². The Morgan fingerprint density at radius 2 is 1.30 bits per heavy atom. The third-order valence-corrected chi connectivity index (χ3v) is 11.7. The first kappa shape index (κ1) is 24.1. The second kappa shape index (κ2) is 11.4. The molecule has 4 aromatic carbocycles. The van der Waals surface area contributed by atoms with Crippen LogP contribution in [0.4, 0.5) is 0 Å². The number of rotatable bonds is 8. The van der Waals surface area contributed by atoms with Crippen molar-refractivity contribution in [3.63, 3.8) is 0 Å². The molecular weight excluding hydrogens is 524 g/mol. The zero-order valence-corrected chi connectivity index (χ0v) is 23.3. The van der Waals surface area contributed by atoms with Crippen molar-refractivity contribution in [1.29, 1.82) is 0 Å². The molecule has 0 amide bonds. The number of hydrogen-bond donors (Lipinski definition) is 0. The summed E-state index contributed by atoms with van der Waals surface area (Å²) in [6, 6.07) is 39.6. The molecule has 0 aromatic heterocycles. The van der Waals surface area contributed by atoms with Crippen molar-refractivity contribution in [2.45, 2.75) is 21.9 Å². The van der Waals surface area contributed by atoms with Gasteiger partial charge >= 0.3 is 234 Å².